The zero-order valence-electron chi connectivity index (χ0n) is 13.2. The van der Waals surface area contributed by atoms with Gasteiger partial charge in [0.1, 0.15) is 12.0 Å². The average molecular weight is 303 g/mol. The number of esters is 1. The Hall–Kier alpha value is -0.693. The number of hydrogen-bond donors (Lipinski definition) is 0. The van der Waals surface area contributed by atoms with Gasteiger partial charge >= 0.3 is 15.3 Å². The molecule has 117 valence electrons. The van der Waals surface area contributed by atoms with Crippen LogP contribution in [0.4, 0.5) is 0 Å². The number of carbonyl (C=O) groups excluding carboxylic acids is 1. The van der Waals surface area contributed by atoms with Crippen molar-refractivity contribution < 1.29 is 23.1 Å². The molecule has 1 radical (unpaired) electrons. The van der Waals surface area contributed by atoms with Crippen LogP contribution in [0.25, 0.3) is 0 Å². The van der Waals surface area contributed by atoms with Gasteiger partial charge < -0.3 is 18.3 Å². The zero-order chi connectivity index (χ0) is 15.5. The Morgan fingerprint density at radius 1 is 1.35 bits per heavy atom. The highest BCUT2D eigenvalue weighted by atomic mass is 28.3. The van der Waals surface area contributed by atoms with E-state index in [9.17, 15) is 4.79 Å². The molecule has 0 heterocycles. The predicted molar refractivity (Wildman–Crippen MR) is 79.2 cm³/mol. The second-order valence-corrected chi connectivity index (χ2v) is 6.30. The highest BCUT2D eigenvalue weighted by molar-refractivity contribution is 6.46. The summed E-state index contributed by atoms with van der Waals surface area (Å²) in [5.41, 5.74) is 0.0193. The number of ether oxygens (including phenoxy) is 2. The molecule has 0 aliphatic heterocycles. The summed E-state index contributed by atoms with van der Waals surface area (Å²) in [4.78, 5) is 11.7. The molecule has 0 spiro atoms. The first kappa shape index (κ1) is 19.3. The third kappa shape index (κ3) is 7.79. The molecule has 0 aliphatic rings. The number of methoxy groups -OCH3 is 1. The predicted octanol–water partition coefficient (Wildman–Crippen LogP) is 2.74. The molecule has 0 rings (SSSR count). The molecule has 0 fully saturated rings. The van der Waals surface area contributed by atoms with Crippen LogP contribution in [-0.2, 0) is 23.1 Å². The molecular weight excluding hydrogens is 276 g/mol. The van der Waals surface area contributed by atoms with Crippen LogP contribution in [0.3, 0.4) is 0 Å². The summed E-state index contributed by atoms with van der Waals surface area (Å²) >= 11 is 0. The Bertz CT molecular complexity index is 295. The van der Waals surface area contributed by atoms with Gasteiger partial charge in [0.25, 0.3) is 0 Å². The Labute approximate surface area is 124 Å². The number of hydrogen-bond acceptors (Lipinski definition) is 5. The van der Waals surface area contributed by atoms with Crippen molar-refractivity contribution in [1.29, 1.82) is 0 Å². The summed E-state index contributed by atoms with van der Waals surface area (Å²) in [6.45, 7) is 11.5. The first-order valence-electron chi connectivity index (χ1n) is 7.01. The summed E-state index contributed by atoms with van der Waals surface area (Å²) in [6.07, 6.45) is 2.30. The van der Waals surface area contributed by atoms with Crippen molar-refractivity contribution in [3.63, 3.8) is 0 Å². The summed E-state index contributed by atoms with van der Waals surface area (Å²) in [5.74, 6) is -0.401. The van der Waals surface area contributed by atoms with Gasteiger partial charge in [-0.1, -0.05) is 26.3 Å². The largest absolute Gasteiger partial charge is 0.457 e. The number of rotatable bonds is 11. The average Bonchev–Trinajstić information content (AvgIpc) is 2.42. The first-order valence-corrected chi connectivity index (χ1v) is 8.41. The second kappa shape index (κ2) is 11.0. The first-order chi connectivity index (χ1) is 9.46. The minimum atomic E-state index is -1.75. The molecule has 0 N–H and O–H groups in total. The van der Waals surface area contributed by atoms with Crippen LogP contribution in [0.1, 0.15) is 47.0 Å². The van der Waals surface area contributed by atoms with E-state index in [-0.39, 0.29) is 12.0 Å². The Kier molecular flexibility index (Phi) is 10.6. The van der Waals surface area contributed by atoms with Gasteiger partial charge in [-0.25, -0.2) is 4.79 Å². The lowest BCUT2D eigenvalue weighted by Gasteiger charge is -2.26. The van der Waals surface area contributed by atoms with Crippen molar-refractivity contribution in [3.05, 3.63) is 12.2 Å². The van der Waals surface area contributed by atoms with Gasteiger partial charge in [-0.05, 0) is 27.2 Å². The van der Waals surface area contributed by atoms with Crippen molar-refractivity contribution in [3.8, 4) is 0 Å². The van der Waals surface area contributed by atoms with Gasteiger partial charge in [0, 0.05) is 19.3 Å². The van der Waals surface area contributed by atoms with Gasteiger partial charge in [-0.15, -0.1) is 0 Å². The third-order valence-electron chi connectivity index (χ3n) is 2.58. The topological polar surface area (TPSA) is 54.0 Å². The normalized spacial score (nSPS) is 14.1. The molecule has 0 saturated heterocycles. The maximum atomic E-state index is 11.7. The van der Waals surface area contributed by atoms with E-state index in [2.05, 4.69) is 13.5 Å². The maximum Gasteiger partial charge on any atom is 0.431 e. The van der Waals surface area contributed by atoms with E-state index in [1.807, 2.05) is 6.92 Å². The summed E-state index contributed by atoms with van der Waals surface area (Å²) < 4.78 is 22.0. The fourth-order valence-corrected chi connectivity index (χ4v) is 3.16. The Morgan fingerprint density at radius 3 is 2.45 bits per heavy atom. The molecule has 2 unspecified atom stereocenters. The lowest BCUT2D eigenvalue weighted by molar-refractivity contribution is -0.143. The third-order valence-corrected chi connectivity index (χ3v) is 4.65. The fraction of sp³-hybridized carbons (Fsp3) is 0.786. The SMILES string of the molecule is C=C(C)C(=O)OC(CCCC)[Si](OCC)OC(C)OC. The smallest absolute Gasteiger partial charge is 0.431 e. The van der Waals surface area contributed by atoms with E-state index >= 15 is 0 Å². The fourth-order valence-electron chi connectivity index (χ4n) is 1.40. The molecule has 20 heavy (non-hydrogen) atoms. The van der Waals surface area contributed by atoms with E-state index in [0.29, 0.717) is 12.2 Å². The minimum absolute atomic E-state index is 0.360. The van der Waals surface area contributed by atoms with Crippen LogP contribution in [0.5, 0.6) is 0 Å². The Balaban J connectivity index is 4.79. The molecule has 0 aromatic rings. The lowest BCUT2D eigenvalue weighted by Crippen LogP contribution is -2.43. The standard InChI is InChI=1S/C14H27O5Si/c1-7-9-10-13(18-14(15)11(3)4)20(17-8-2)19-12(5)16-6/h12-13H,3,7-10H2,1-2,4-6H3. The van der Waals surface area contributed by atoms with E-state index in [1.54, 1.807) is 21.0 Å². The quantitative estimate of drug-likeness (QED) is 0.254. The lowest BCUT2D eigenvalue weighted by atomic mass is 10.2. The second-order valence-electron chi connectivity index (χ2n) is 4.49. The molecule has 0 saturated carbocycles. The molecule has 5 nitrogen and oxygen atoms in total. The molecule has 0 amide bonds. The van der Waals surface area contributed by atoms with Crippen molar-refractivity contribution in [2.75, 3.05) is 13.7 Å². The van der Waals surface area contributed by atoms with Crippen LogP contribution in [0.2, 0.25) is 0 Å². The van der Waals surface area contributed by atoms with Crippen molar-refractivity contribution in [1.82, 2.24) is 0 Å². The maximum absolute atomic E-state index is 11.7. The van der Waals surface area contributed by atoms with Crippen LogP contribution in [-0.4, -0.2) is 41.0 Å². The molecule has 0 aliphatic carbocycles. The van der Waals surface area contributed by atoms with Crippen LogP contribution >= 0.6 is 0 Å². The molecular formula is C14H27O5Si. The van der Waals surface area contributed by atoms with Crippen molar-refractivity contribution in [2.45, 2.75) is 59.0 Å². The summed E-state index contributed by atoms with van der Waals surface area (Å²) in [5, 5.41) is 0. The number of unbranched alkanes of at least 4 members (excludes halogenated alkanes) is 1. The van der Waals surface area contributed by atoms with Crippen LogP contribution < -0.4 is 0 Å². The molecule has 0 bridgehead atoms. The van der Waals surface area contributed by atoms with E-state index < -0.39 is 15.3 Å². The highest BCUT2D eigenvalue weighted by Gasteiger charge is 2.33. The molecule has 0 aromatic heterocycles. The van der Waals surface area contributed by atoms with Gasteiger partial charge in [0.15, 0.2) is 0 Å². The summed E-state index contributed by atoms with van der Waals surface area (Å²) in [7, 11) is -0.188. The van der Waals surface area contributed by atoms with Crippen molar-refractivity contribution in [2.24, 2.45) is 0 Å². The number of carbonyl (C=O) groups is 1. The summed E-state index contributed by atoms with van der Waals surface area (Å²) in [6, 6.07) is 0. The van der Waals surface area contributed by atoms with E-state index in [0.717, 1.165) is 19.3 Å². The molecule has 2 atom stereocenters. The zero-order valence-corrected chi connectivity index (χ0v) is 14.2. The van der Waals surface area contributed by atoms with Gasteiger partial charge in [0.05, 0.1) is 0 Å². The van der Waals surface area contributed by atoms with Gasteiger partial charge in [-0.2, -0.15) is 0 Å². The van der Waals surface area contributed by atoms with Crippen LogP contribution in [0.15, 0.2) is 12.2 Å². The van der Waals surface area contributed by atoms with E-state index in [4.69, 9.17) is 18.3 Å². The van der Waals surface area contributed by atoms with Crippen molar-refractivity contribution >= 4 is 15.3 Å². The van der Waals surface area contributed by atoms with Crippen LogP contribution in [0, 0.1) is 0 Å². The highest BCUT2D eigenvalue weighted by Crippen LogP contribution is 2.14. The Morgan fingerprint density at radius 2 is 2.00 bits per heavy atom. The van der Waals surface area contributed by atoms with Gasteiger partial charge in [0.2, 0.25) is 0 Å². The minimum Gasteiger partial charge on any atom is -0.457 e. The van der Waals surface area contributed by atoms with E-state index in [1.165, 1.54) is 0 Å². The van der Waals surface area contributed by atoms with Gasteiger partial charge in [-0.3, -0.25) is 0 Å². The monoisotopic (exact) mass is 303 g/mol. The molecule has 0 aromatic carbocycles. The molecule has 6 heteroatoms.